The molecule has 4 aromatic heterocycles. The summed E-state index contributed by atoms with van der Waals surface area (Å²) in [6, 6.07) is 42.5. The van der Waals surface area contributed by atoms with Crippen molar-refractivity contribution in [1.82, 2.24) is 29.1 Å². The lowest BCUT2D eigenvalue weighted by molar-refractivity contribution is 1.05. The first-order chi connectivity index (χ1) is 20.8. The second-order valence-electron chi connectivity index (χ2n) is 10.4. The van der Waals surface area contributed by atoms with Crippen LogP contribution < -0.4 is 0 Å². The molecule has 9 aromatic rings. The van der Waals surface area contributed by atoms with E-state index < -0.39 is 0 Å². The molecular formula is C36H22N6. The van der Waals surface area contributed by atoms with Gasteiger partial charge in [0.1, 0.15) is 5.69 Å². The number of benzene rings is 5. The molecule has 6 nitrogen and oxygen atoms in total. The van der Waals surface area contributed by atoms with Crippen LogP contribution in [-0.2, 0) is 0 Å². The smallest absolute Gasteiger partial charge is 0.199 e. The van der Waals surface area contributed by atoms with Crippen molar-refractivity contribution < 1.29 is 0 Å². The van der Waals surface area contributed by atoms with Crippen LogP contribution in [0.5, 0.6) is 0 Å². The van der Waals surface area contributed by atoms with Crippen LogP contribution >= 0.6 is 0 Å². The van der Waals surface area contributed by atoms with Crippen molar-refractivity contribution in [1.29, 1.82) is 0 Å². The summed E-state index contributed by atoms with van der Waals surface area (Å²) in [5, 5.41) is 4.69. The molecule has 0 fully saturated rings. The van der Waals surface area contributed by atoms with Crippen LogP contribution in [-0.4, -0.2) is 29.1 Å². The number of aromatic nitrogens is 6. The quantitative estimate of drug-likeness (QED) is 0.227. The summed E-state index contributed by atoms with van der Waals surface area (Å²) in [7, 11) is 0. The Kier molecular flexibility index (Phi) is 4.80. The first-order valence-electron chi connectivity index (χ1n) is 13.9. The number of fused-ring (bicyclic) bond motifs is 7. The molecule has 4 heterocycles. The van der Waals surface area contributed by atoms with E-state index in [2.05, 4.69) is 122 Å². The zero-order valence-electron chi connectivity index (χ0n) is 22.4. The third-order valence-corrected chi connectivity index (χ3v) is 8.04. The van der Waals surface area contributed by atoms with Gasteiger partial charge in [0.05, 0.1) is 22.1 Å². The molecule has 196 valence electrons. The van der Waals surface area contributed by atoms with E-state index in [4.69, 9.17) is 9.97 Å². The fourth-order valence-corrected chi connectivity index (χ4v) is 6.25. The molecule has 0 aliphatic rings. The molecule has 0 atom stereocenters. The highest BCUT2D eigenvalue weighted by molar-refractivity contribution is 6.19. The predicted molar refractivity (Wildman–Crippen MR) is 169 cm³/mol. The summed E-state index contributed by atoms with van der Waals surface area (Å²) in [6.07, 6.45) is 3.32. The van der Waals surface area contributed by atoms with Gasteiger partial charge in [-0.2, -0.15) is 0 Å². The van der Waals surface area contributed by atoms with Gasteiger partial charge in [-0.15, -0.1) is 0 Å². The highest BCUT2D eigenvalue weighted by atomic mass is 15.1. The van der Waals surface area contributed by atoms with Crippen molar-refractivity contribution >= 4 is 54.9 Å². The lowest BCUT2D eigenvalue weighted by Gasteiger charge is -2.13. The molecular weight excluding hydrogens is 516 g/mol. The summed E-state index contributed by atoms with van der Waals surface area (Å²) in [5.74, 6) is 0.728. The molecule has 0 amide bonds. The van der Waals surface area contributed by atoms with E-state index in [1.54, 1.807) is 12.4 Å². The Hall–Kier alpha value is -5.88. The fraction of sp³-hybridized carbons (Fsp3) is 0. The van der Waals surface area contributed by atoms with Gasteiger partial charge in [0.25, 0.3) is 0 Å². The molecule has 0 saturated heterocycles. The lowest BCUT2D eigenvalue weighted by Crippen LogP contribution is -2.05. The Morgan fingerprint density at radius 2 is 0.952 bits per heavy atom. The standard InChI is InChI=1S/C36H22N6/c1-3-11-23(12-4-1)33-36(40-35-34(39-33)37-19-20-38-35)42-30-18-10-8-16-26(30)28-21-31-27(22-32(28)42)25-15-7-9-17-29(25)41(31)24-13-5-2-6-14-24/h1-22H. The van der Waals surface area contributed by atoms with Gasteiger partial charge >= 0.3 is 0 Å². The predicted octanol–water partition coefficient (Wildman–Crippen LogP) is 8.28. The van der Waals surface area contributed by atoms with E-state index in [0.29, 0.717) is 11.3 Å². The average molecular weight is 539 g/mol. The van der Waals surface area contributed by atoms with Crippen molar-refractivity contribution in [3.8, 4) is 22.8 Å². The van der Waals surface area contributed by atoms with Gasteiger partial charge in [-0.05, 0) is 36.4 Å². The summed E-state index contributed by atoms with van der Waals surface area (Å²) in [6.45, 7) is 0. The maximum Gasteiger partial charge on any atom is 0.199 e. The number of para-hydroxylation sites is 3. The molecule has 0 aliphatic carbocycles. The molecule has 5 aromatic carbocycles. The SMILES string of the molecule is c1ccc(-c2nc3nccnc3nc2-n2c3ccccc3c3cc4c(cc32)c2ccccc2n4-c2ccccc2)cc1. The fourth-order valence-electron chi connectivity index (χ4n) is 6.25. The molecule has 0 spiro atoms. The van der Waals surface area contributed by atoms with Crippen LogP contribution in [0.1, 0.15) is 0 Å². The number of hydrogen-bond acceptors (Lipinski definition) is 4. The van der Waals surface area contributed by atoms with Gasteiger partial charge in [-0.25, -0.2) is 19.9 Å². The van der Waals surface area contributed by atoms with Gasteiger partial charge in [-0.1, -0.05) is 84.9 Å². The third kappa shape index (κ3) is 3.26. The van der Waals surface area contributed by atoms with Crippen LogP contribution in [0.25, 0.3) is 77.7 Å². The second kappa shape index (κ2) is 8.81. The summed E-state index contributed by atoms with van der Waals surface area (Å²) >= 11 is 0. The maximum absolute atomic E-state index is 5.11. The van der Waals surface area contributed by atoms with E-state index in [0.717, 1.165) is 50.1 Å². The maximum atomic E-state index is 5.11. The lowest BCUT2D eigenvalue weighted by atomic mass is 10.1. The van der Waals surface area contributed by atoms with E-state index in [1.807, 2.05) is 18.2 Å². The minimum absolute atomic E-state index is 0.514. The van der Waals surface area contributed by atoms with E-state index in [1.165, 1.54) is 16.3 Å². The van der Waals surface area contributed by atoms with Crippen LogP contribution in [0.3, 0.4) is 0 Å². The topological polar surface area (TPSA) is 61.4 Å². The zero-order chi connectivity index (χ0) is 27.6. The number of rotatable bonds is 3. The summed E-state index contributed by atoms with van der Waals surface area (Å²) < 4.78 is 4.60. The Bertz CT molecular complexity index is 2460. The number of hydrogen-bond donors (Lipinski definition) is 0. The van der Waals surface area contributed by atoms with Crippen LogP contribution in [0.15, 0.2) is 134 Å². The van der Waals surface area contributed by atoms with Crippen molar-refractivity contribution in [2.45, 2.75) is 0 Å². The molecule has 0 radical (unpaired) electrons. The van der Waals surface area contributed by atoms with Crippen LogP contribution in [0, 0.1) is 0 Å². The normalized spacial score (nSPS) is 11.8. The average Bonchev–Trinajstić information content (AvgIpc) is 3.56. The Morgan fingerprint density at radius 3 is 1.62 bits per heavy atom. The molecule has 0 N–H and O–H groups in total. The monoisotopic (exact) mass is 538 g/mol. The Morgan fingerprint density at radius 1 is 0.429 bits per heavy atom. The van der Waals surface area contributed by atoms with Gasteiger partial charge in [-0.3, -0.25) is 4.57 Å². The van der Waals surface area contributed by atoms with E-state index >= 15 is 0 Å². The molecule has 9 rings (SSSR count). The molecule has 0 saturated carbocycles. The van der Waals surface area contributed by atoms with Gasteiger partial charge in [0, 0.05) is 45.2 Å². The summed E-state index contributed by atoms with van der Waals surface area (Å²) in [4.78, 5) is 19.1. The van der Waals surface area contributed by atoms with E-state index in [9.17, 15) is 0 Å². The summed E-state index contributed by atoms with van der Waals surface area (Å²) in [5.41, 5.74) is 8.37. The van der Waals surface area contributed by atoms with Crippen molar-refractivity contribution in [3.05, 3.63) is 134 Å². The first kappa shape index (κ1) is 22.9. The highest BCUT2D eigenvalue weighted by Gasteiger charge is 2.22. The molecule has 0 unspecified atom stereocenters. The largest absolute Gasteiger partial charge is 0.309 e. The Balaban J connectivity index is 1.46. The van der Waals surface area contributed by atoms with Gasteiger partial charge in [0.15, 0.2) is 17.1 Å². The number of nitrogens with zero attached hydrogens (tertiary/aromatic N) is 6. The van der Waals surface area contributed by atoms with Gasteiger partial charge < -0.3 is 4.57 Å². The van der Waals surface area contributed by atoms with Crippen LogP contribution in [0.2, 0.25) is 0 Å². The van der Waals surface area contributed by atoms with E-state index in [-0.39, 0.29) is 0 Å². The zero-order valence-corrected chi connectivity index (χ0v) is 22.4. The van der Waals surface area contributed by atoms with Crippen molar-refractivity contribution in [2.75, 3.05) is 0 Å². The third-order valence-electron chi connectivity index (χ3n) is 8.04. The van der Waals surface area contributed by atoms with Crippen LogP contribution in [0.4, 0.5) is 0 Å². The first-order valence-corrected chi connectivity index (χ1v) is 13.9. The molecule has 6 heteroatoms. The second-order valence-corrected chi connectivity index (χ2v) is 10.4. The van der Waals surface area contributed by atoms with Crippen molar-refractivity contribution in [2.24, 2.45) is 0 Å². The minimum atomic E-state index is 0.514. The highest BCUT2D eigenvalue weighted by Crippen LogP contribution is 2.40. The Labute approximate surface area is 240 Å². The van der Waals surface area contributed by atoms with Gasteiger partial charge in [0.2, 0.25) is 0 Å². The minimum Gasteiger partial charge on any atom is -0.309 e. The molecule has 42 heavy (non-hydrogen) atoms. The molecule has 0 bridgehead atoms. The van der Waals surface area contributed by atoms with Crippen molar-refractivity contribution in [3.63, 3.8) is 0 Å². The molecule has 0 aliphatic heterocycles.